The average molecular weight is 265 g/mol. The van der Waals surface area contributed by atoms with E-state index in [9.17, 15) is 4.79 Å². The number of nitrogens with zero attached hydrogens (tertiary/aromatic N) is 1. The van der Waals surface area contributed by atoms with E-state index in [1.54, 1.807) is 29.2 Å². The summed E-state index contributed by atoms with van der Waals surface area (Å²) >= 11 is 5.82. The van der Waals surface area contributed by atoms with E-state index >= 15 is 0 Å². The molecule has 0 aliphatic rings. The zero-order chi connectivity index (χ0) is 13.1. The number of halogens is 1. The molecule has 2 aromatic rings. The monoisotopic (exact) mass is 264 g/mol. The first-order chi connectivity index (χ1) is 8.63. The highest BCUT2D eigenvalue weighted by Gasteiger charge is 2.20. The van der Waals surface area contributed by atoms with Crippen molar-refractivity contribution in [3.63, 3.8) is 0 Å². The molecule has 0 saturated heterocycles. The van der Waals surface area contributed by atoms with Crippen LogP contribution in [0.1, 0.15) is 17.3 Å². The lowest BCUT2D eigenvalue weighted by Crippen LogP contribution is -2.30. The van der Waals surface area contributed by atoms with Crippen molar-refractivity contribution in [3.05, 3.63) is 47.4 Å². The van der Waals surface area contributed by atoms with Gasteiger partial charge in [0, 0.05) is 17.9 Å². The molecule has 0 aliphatic heterocycles. The number of hydrogen-bond acceptors (Lipinski definition) is 3. The van der Waals surface area contributed by atoms with Crippen molar-refractivity contribution in [2.45, 2.75) is 6.92 Å². The Morgan fingerprint density at radius 1 is 1.44 bits per heavy atom. The van der Waals surface area contributed by atoms with Crippen molar-refractivity contribution in [2.75, 3.05) is 17.2 Å². The molecule has 94 valence electrons. The van der Waals surface area contributed by atoms with Gasteiger partial charge in [-0.25, -0.2) is 0 Å². The topological polar surface area (TPSA) is 59.5 Å². The molecule has 0 aliphatic carbocycles. The summed E-state index contributed by atoms with van der Waals surface area (Å²) in [7, 11) is 0. The quantitative estimate of drug-likeness (QED) is 0.866. The highest BCUT2D eigenvalue weighted by atomic mass is 35.5. The molecule has 1 heterocycles. The van der Waals surface area contributed by atoms with Crippen LogP contribution in [-0.2, 0) is 0 Å². The third-order valence-corrected chi connectivity index (χ3v) is 2.88. The van der Waals surface area contributed by atoms with Crippen LogP contribution in [0.5, 0.6) is 0 Å². The molecule has 5 heteroatoms. The largest absolute Gasteiger partial charge is 0.452 e. The standard InChI is InChI=1S/C13H13ClN2O2/c1-2-16(10-5-3-4-9(15)8-10)13(17)11-6-7-18-12(11)14/h3-8H,2,15H2,1H3. The third kappa shape index (κ3) is 2.33. The molecular weight excluding hydrogens is 252 g/mol. The van der Waals surface area contributed by atoms with Crippen LogP contribution in [0.25, 0.3) is 0 Å². The lowest BCUT2D eigenvalue weighted by Gasteiger charge is -2.20. The van der Waals surface area contributed by atoms with E-state index in [-0.39, 0.29) is 11.1 Å². The molecule has 0 atom stereocenters. The third-order valence-electron chi connectivity index (χ3n) is 2.59. The summed E-state index contributed by atoms with van der Waals surface area (Å²) in [5, 5.41) is 0.0994. The fraction of sp³-hybridized carbons (Fsp3) is 0.154. The number of nitrogen functional groups attached to an aromatic ring is 1. The van der Waals surface area contributed by atoms with Gasteiger partial charge in [0.1, 0.15) is 0 Å². The molecule has 1 aromatic carbocycles. The Bertz CT molecular complexity index is 566. The van der Waals surface area contributed by atoms with Crippen LogP contribution in [0.3, 0.4) is 0 Å². The maximum Gasteiger partial charge on any atom is 0.263 e. The molecule has 2 N–H and O–H groups in total. The molecule has 0 unspecified atom stereocenters. The number of carbonyl (C=O) groups excluding carboxylic acids is 1. The van der Waals surface area contributed by atoms with Gasteiger partial charge in [-0.05, 0) is 42.8 Å². The lowest BCUT2D eigenvalue weighted by molar-refractivity contribution is 0.0988. The molecule has 0 saturated carbocycles. The second kappa shape index (κ2) is 5.14. The number of carbonyl (C=O) groups is 1. The second-order valence-electron chi connectivity index (χ2n) is 3.75. The first-order valence-electron chi connectivity index (χ1n) is 5.54. The summed E-state index contributed by atoms with van der Waals surface area (Å²) in [6.45, 7) is 2.40. The molecule has 0 radical (unpaired) electrons. The van der Waals surface area contributed by atoms with Crippen LogP contribution in [0.4, 0.5) is 11.4 Å². The predicted octanol–water partition coefficient (Wildman–Crippen LogP) is 3.18. The van der Waals surface area contributed by atoms with Crippen molar-refractivity contribution >= 4 is 28.9 Å². The molecule has 18 heavy (non-hydrogen) atoms. The Balaban J connectivity index is 2.35. The van der Waals surface area contributed by atoms with Gasteiger partial charge in [-0.2, -0.15) is 0 Å². The molecule has 1 amide bonds. The number of amides is 1. The van der Waals surface area contributed by atoms with E-state index in [1.807, 2.05) is 13.0 Å². The van der Waals surface area contributed by atoms with Crippen molar-refractivity contribution < 1.29 is 9.21 Å². The summed E-state index contributed by atoms with van der Waals surface area (Å²) < 4.78 is 4.93. The number of nitrogens with two attached hydrogens (primary N) is 1. The maximum absolute atomic E-state index is 12.3. The van der Waals surface area contributed by atoms with Gasteiger partial charge in [0.2, 0.25) is 5.22 Å². The molecule has 0 bridgehead atoms. The zero-order valence-corrected chi connectivity index (χ0v) is 10.6. The fourth-order valence-electron chi connectivity index (χ4n) is 1.73. The second-order valence-corrected chi connectivity index (χ2v) is 4.10. The van der Waals surface area contributed by atoms with E-state index in [0.29, 0.717) is 17.8 Å². The van der Waals surface area contributed by atoms with Gasteiger partial charge in [-0.3, -0.25) is 4.79 Å². The Kier molecular flexibility index (Phi) is 3.58. The molecule has 2 rings (SSSR count). The van der Waals surface area contributed by atoms with Gasteiger partial charge >= 0.3 is 0 Å². The molecule has 4 nitrogen and oxygen atoms in total. The first kappa shape index (κ1) is 12.5. The van der Waals surface area contributed by atoms with Crippen LogP contribution >= 0.6 is 11.6 Å². The van der Waals surface area contributed by atoms with E-state index in [4.69, 9.17) is 21.8 Å². The van der Waals surface area contributed by atoms with Gasteiger partial charge in [0.15, 0.2) is 0 Å². The van der Waals surface area contributed by atoms with Crippen molar-refractivity contribution in [2.24, 2.45) is 0 Å². The Morgan fingerprint density at radius 3 is 2.78 bits per heavy atom. The van der Waals surface area contributed by atoms with Crippen LogP contribution in [0, 0.1) is 0 Å². The molecular formula is C13H13ClN2O2. The highest BCUT2D eigenvalue weighted by Crippen LogP contribution is 2.23. The summed E-state index contributed by atoms with van der Waals surface area (Å²) in [6, 6.07) is 8.70. The van der Waals surface area contributed by atoms with Gasteiger partial charge < -0.3 is 15.1 Å². The highest BCUT2D eigenvalue weighted by molar-refractivity contribution is 6.32. The minimum absolute atomic E-state index is 0.0994. The van der Waals surface area contributed by atoms with Crippen LogP contribution in [0.2, 0.25) is 5.22 Å². The van der Waals surface area contributed by atoms with E-state index in [0.717, 1.165) is 5.69 Å². The Morgan fingerprint density at radius 2 is 2.22 bits per heavy atom. The minimum Gasteiger partial charge on any atom is -0.452 e. The number of anilines is 2. The molecule has 0 spiro atoms. The van der Waals surface area contributed by atoms with Crippen LogP contribution in [-0.4, -0.2) is 12.5 Å². The van der Waals surface area contributed by atoms with Gasteiger partial charge in [0.05, 0.1) is 11.8 Å². The number of hydrogen-bond donors (Lipinski definition) is 1. The predicted molar refractivity (Wildman–Crippen MR) is 71.9 cm³/mol. The maximum atomic E-state index is 12.3. The van der Waals surface area contributed by atoms with Gasteiger partial charge in [-0.1, -0.05) is 6.07 Å². The number of rotatable bonds is 3. The molecule has 0 fully saturated rings. The Labute approximate surface area is 110 Å². The number of benzene rings is 1. The summed E-state index contributed by atoms with van der Waals surface area (Å²) in [6.07, 6.45) is 1.39. The van der Waals surface area contributed by atoms with Crippen molar-refractivity contribution in [1.82, 2.24) is 0 Å². The van der Waals surface area contributed by atoms with Crippen LogP contribution < -0.4 is 10.6 Å². The van der Waals surface area contributed by atoms with Crippen molar-refractivity contribution in [1.29, 1.82) is 0 Å². The first-order valence-corrected chi connectivity index (χ1v) is 5.91. The normalized spacial score (nSPS) is 10.3. The summed E-state index contributed by atoms with van der Waals surface area (Å²) in [4.78, 5) is 13.9. The molecule has 1 aromatic heterocycles. The van der Waals surface area contributed by atoms with Gasteiger partial charge in [-0.15, -0.1) is 0 Å². The minimum atomic E-state index is -0.207. The van der Waals surface area contributed by atoms with E-state index < -0.39 is 0 Å². The lowest BCUT2D eigenvalue weighted by atomic mass is 10.2. The average Bonchev–Trinajstić information content (AvgIpc) is 2.76. The van der Waals surface area contributed by atoms with E-state index in [1.165, 1.54) is 6.26 Å². The van der Waals surface area contributed by atoms with E-state index in [2.05, 4.69) is 0 Å². The van der Waals surface area contributed by atoms with Crippen molar-refractivity contribution in [3.8, 4) is 0 Å². The number of furan rings is 1. The fourth-order valence-corrected chi connectivity index (χ4v) is 1.92. The summed E-state index contributed by atoms with van der Waals surface area (Å²) in [5.41, 5.74) is 7.41. The van der Waals surface area contributed by atoms with Crippen LogP contribution in [0.15, 0.2) is 41.0 Å². The zero-order valence-electron chi connectivity index (χ0n) is 9.89. The van der Waals surface area contributed by atoms with Gasteiger partial charge in [0.25, 0.3) is 5.91 Å². The Hall–Kier alpha value is -1.94. The summed E-state index contributed by atoms with van der Waals surface area (Å²) in [5.74, 6) is -0.207. The smallest absolute Gasteiger partial charge is 0.263 e. The SMILES string of the molecule is CCN(C(=O)c1ccoc1Cl)c1cccc(N)c1.